The lowest BCUT2D eigenvalue weighted by Gasteiger charge is -2.25. The molecule has 0 aliphatic heterocycles. The number of rotatable bonds is 12. The fourth-order valence-corrected chi connectivity index (χ4v) is 11.6. The van der Waals surface area contributed by atoms with Gasteiger partial charge < -0.3 is 0 Å². The number of aryl methyl sites for hydroxylation is 2. The van der Waals surface area contributed by atoms with Gasteiger partial charge in [-0.25, -0.2) is 0 Å². The Balaban J connectivity index is 1.42. The Kier molecular flexibility index (Phi) is 13.0. The first kappa shape index (κ1) is 46.2. The number of alkyl halides is 12. The minimum Gasteiger partial charge on any atom is -0.166 e. The van der Waals surface area contributed by atoms with Crippen molar-refractivity contribution in [1.82, 2.24) is 0 Å². The summed E-state index contributed by atoms with van der Waals surface area (Å²) in [6, 6.07) is 12.4. The molecule has 328 valence electrons. The van der Waals surface area contributed by atoms with E-state index in [0.29, 0.717) is 46.2 Å². The third-order valence-corrected chi connectivity index (χ3v) is 14.7. The van der Waals surface area contributed by atoms with E-state index in [9.17, 15) is 52.7 Å². The monoisotopic (exact) mass is 880 g/mol. The first-order valence-corrected chi connectivity index (χ1v) is 22.8. The summed E-state index contributed by atoms with van der Waals surface area (Å²) in [5.41, 5.74) is 1.23. The van der Waals surface area contributed by atoms with Gasteiger partial charge in [-0.1, -0.05) is 101 Å². The molecule has 0 nitrogen and oxygen atoms in total. The Bertz CT molecular complexity index is 2110. The molecule has 4 atom stereocenters. The van der Waals surface area contributed by atoms with Crippen molar-refractivity contribution in [3.63, 3.8) is 0 Å². The van der Waals surface area contributed by atoms with Gasteiger partial charge in [-0.15, -0.1) is 0 Å². The van der Waals surface area contributed by atoms with E-state index in [2.05, 4.69) is 13.8 Å². The second kappa shape index (κ2) is 17.1. The second-order valence-corrected chi connectivity index (χ2v) is 18.3. The van der Waals surface area contributed by atoms with Crippen LogP contribution in [0.25, 0.3) is 34.4 Å². The number of hydrogen-bond acceptors (Lipinski definition) is 0. The molecule has 0 saturated heterocycles. The highest BCUT2D eigenvalue weighted by Gasteiger charge is 2.40. The Hall–Kier alpha value is -4.26. The largest absolute Gasteiger partial charge is 0.416 e. The van der Waals surface area contributed by atoms with E-state index in [1.807, 2.05) is 38.1 Å². The van der Waals surface area contributed by atoms with Crippen LogP contribution < -0.4 is 0 Å². The average Bonchev–Trinajstić information content (AvgIpc) is 3.76. The summed E-state index contributed by atoms with van der Waals surface area (Å²) in [6.45, 7) is 11.8. The number of fused-ring (bicyclic) bond motifs is 2. The summed E-state index contributed by atoms with van der Waals surface area (Å²) in [5.74, 6) is -0.142. The van der Waals surface area contributed by atoms with Gasteiger partial charge in [0.05, 0.1) is 22.3 Å². The molecular formula is C48H48F12Si. The first-order chi connectivity index (χ1) is 28.4. The van der Waals surface area contributed by atoms with Gasteiger partial charge in [-0.2, -0.15) is 52.7 Å². The molecule has 0 bridgehead atoms. The van der Waals surface area contributed by atoms with Crippen molar-refractivity contribution in [2.45, 2.75) is 116 Å². The van der Waals surface area contributed by atoms with Crippen LogP contribution in [0.2, 0.25) is 12.1 Å². The molecular weight excluding hydrogens is 833 g/mol. The van der Waals surface area contributed by atoms with Gasteiger partial charge in [0.25, 0.3) is 0 Å². The highest BCUT2D eigenvalue weighted by molar-refractivity contribution is 6.36. The summed E-state index contributed by atoms with van der Waals surface area (Å²) in [6.07, 6.45) is -13.9. The summed E-state index contributed by atoms with van der Waals surface area (Å²) in [5, 5.41) is 0. The predicted molar refractivity (Wildman–Crippen MR) is 221 cm³/mol. The normalized spacial score (nSPS) is 18.1. The van der Waals surface area contributed by atoms with E-state index in [0.717, 1.165) is 71.5 Å². The van der Waals surface area contributed by atoms with E-state index >= 15 is 0 Å². The van der Waals surface area contributed by atoms with E-state index in [-0.39, 0.29) is 46.9 Å². The molecule has 2 aliphatic carbocycles. The Morgan fingerprint density at radius 3 is 1.05 bits per heavy atom. The maximum atomic E-state index is 14.0. The molecule has 0 heterocycles. The van der Waals surface area contributed by atoms with E-state index < -0.39 is 56.5 Å². The summed E-state index contributed by atoms with van der Waals surface area (Å²) in [4.78, 5) is 0. The molecule has 0 saturated carbocycles. The molecule has 4 unspecified atom stereocenters. The highest BCUT2D eigenvalue weighted by atomic mass is 28.2. The number of benzene rings is 4. The van der Waals surface area contributed by atoms with Crippen molar-refractivity contribution < 1.29 is 52.7 Å². The summed E-state index contributed by atoms with van der Waals surface area (Å²) < 4.78 is 169. The molecule has 4 aromatic carbocycles. The molecule has 0 N–H and O–H groups in total. The summed E-state index contributed by atoms with van der Waals surface area (Å²) in [7, 11) is -1.03. The average molecular weight is 881 g/mol. The van der Waals surface area contributed by atoms with Gasteiger partial charge in [0.1, 0.15) is 0 Å². The van der Waals surface area contributed by atoms with Crippen molar-refractivity contribution in [1.29, 1.82) is 0 Å². The zero-order chi connectivity index (χ0) is 45.0. The van der Waals surface area contributed by atoms with Crippen LogP contribution in [-0.4, -0.2) is 9.52 Å². The third kappa shape index (κ3) is 9.27. The molecule has 13 heteroatoms. The minimum absolute atomic E-state index is 0.0587. The van der Waals surface area contributed by atoms with Crippen LogP contribution in [0.3, 0.4) is 0 Å². The van der Waals surface area contributed by atoms with Crippen molar-refractivity contribution in [2.24, 2.45) is 11.8 Å². The lowest BCUT2D eigenvalue weighted by Crippen LogP contribution is -2.13. The quantitative estimate of drug-likeness (QED) is 0.0982. The summed E-state index contributed by atoms with van der Waals surface area (Å²) >= 11 is 0. The van der Waals surface area contributed by atoms with Gasteiger partial charge in [0.15, 0.2) is 0 Å². The van der Waals surface area contributed by atoms with Gasteiger partial charge in [0, 0.05) is 21.4 Å². The highest BCUT2D eigenvalue weighted by Crippen LogP contribution is 2.52. The van der Waals surface area contributed by atoms with Crippen LogP contribution in [0.1, 0.15) is 122 Å². The van der Waals surface area contributed by atoms with Crippen molar-refractivity contribution >= 4 is 21.7 Å². The topological polar surface area (TPSA) is 0 Å². The zero-order valence-corrected chi connectivity index (χ0v) is 36.1. The molecule has 0 fully saturated rings. The van der Waals surface area contributed by atoms with Crippen molar-refractivity contribution in [2.75, 3.05) is 0 Å². The fourth-order valence-electron chi connectivity index (χ4n) is 9.26. The van der Waals surface area contributed by atoms with Crippen LogP contribution >= 0.6 is 0 Å². The van der Waals surface area contributed by atoms with Crippen molar-refractivity contribution in [3.8, 4) is 22.3 Å². The Morgan fingerprint density at radius 2 is 0.787 bits per heavy atom. The minimum atomic E-state index is -5.01. The van der Waals surface area contributed by atoms with Crippen LogP contribution in [-0.2, 0) is 37.5 Å². The molecule has 61 heavy (non-hydrogen) atoms. The lowest BCUT2D eigenvalue weighted by atomic mass is 9.86. The molecule has 2 aliphatic rings. The number of hydrogen-bond donors (Lipinski definition) is 0. The maximum Gasteiger partial charge on any atom is 0.416 e. The number of allylic oxidation sites excluding steroid dienone is 2. The van der Waals surface area contributed by atoms with Gasteiger partial charge in [-0.3, -0.25) is 0 Å². The van der Waals surface area contributed by atoms with E-state index in [1.54, 1.807) is 26.0 Å². The van der Waals surface area contributed by atoms with Crippen LogP contribution in [0.5, 0.6) is 0 Å². The molecule has 0 radical (unpaired) electrons. The van der Waals surface area contributed by atoms with Crippen LogP contribution in [0.15, 0.2) is 71.8 Å². The number of halogens is 12. The Labute approximate surface area is 351 Å². The second-order valence-electron chi connectivity index (χ2n) is 16.4. The SMILES string of the molecule is CCc1ccc2c(c1-c1cc(C(F)(F)F)cc(C(F)(F)F)c1)C=C(C(C)CC)C2C[SiH2]CC1C(C(C)CC)=Cc2c1ccc(CC)c2-c1cc(C(F)(F)F)cc(C(F)(F)F)c1. The smallest absolute Gasteiger partial charge is 0.166 e. The van der Waals surface area contributed by atoms with Crippen LogP contribution in [0, 0.1) is 11.8 Å². The van der Waals surface area contributed by atoms with Gasteiger partial charge in [-0.05, 0) is 130 Å². The fraction of sp³-hybridized carbons (Fsp3) is 0.417. The van der Waals surface area contributed by atoms with E-state index in [4.69, 9.17) is 0 Å². The lowest BCUT2D eigenvalue weighted by molar-refractivity contribution is -0.144. The molecule has 0 aromatic heterocycles. The molecule has 4 aromatic rings. The van der Waals surface area contributed by atoms with Crippen LogP contribution in [0.4, 0.5) is 52.7 Å². The van der Waals surface area contributed by atoms with Crippen molar-refractivity contribution in [3.05, 3.63) is 127 Å². The van der Waals surface area contributed by atoms with Gasteiger partial charge in [0.2, 0.25) is 0 Å². The third-order valence-electron chi connectivity index (χ3n) is 12.8. The predicted octanol–water partition coefficient (Wildman–Crippen LogP) is 16.0. The Morgan fingerprint density at radius 1 is 0.475 bits per heavy atom. The van der Waals surface area contributed by atoms with E-state index in [1.165, 1.54) is 0 Å². The maximum absolute atomic E-state index is 14.0. The standard InChI is InChI=1S/C48H48F12Si/c1-7-25(5)37-21-39-35(13-11-27(9-3)43(39)29-15-31(45(49,50)51)19-32(16-29)46(52,53)54)41(37)23-61-24-42-36-14-12-28(10-4)44(40(36)22-38(42)26(6)8-2)30-17-33(47(55,56)57)20-34(18-30)48(58,59)60/h11-22,25-26,41-42H,7-10,23-24,61H2,1-6H3. The zero-order valence-electron chi connectivity index (χ0n) is 34.7. The molecule has 0 amide bonds. The molecule has 0 spiro atoms. The van der Waals surface area contributed by atoms with Gasteiger partial charge >= 0.3 is 24.7 Å². The molecule has 6 rings (SSSR count). The first-order valence-electron chi connectivity index (χ1n) is 20.8.